The van der Waals surface area contributed by atoms with E-state index < -0.39 is 24.5 Å². The zero-order valence-corrected chi connectivity index (χ0v) is 23.9. The number of benzene rings is 1. The van der Waals surface area contributed by atoms with E-state index >= 15 is 0 Å². The van der Waals surface area contributed by atoms with E-state index in [1.807, 2.05) is 33.8 Å². The van der Waals surface area contributed by atoms with E-state index in [2.05, 4.69) is 10.1 Å². The molecule has 1 fully saturated rings. The normalized spacial score (nSPS) is 18.5. The smallest absolute Gasteiger partial charge is 0.479 e. The minimum atomic E-state index is -1.13. The Morgan fingerprint density at radius 2 is 1.84 bits per heavy atom. The van der Waals surface area contributed by atoms with Crippen LogP contribution in [0.15, 0.2) is 24.3 Å². The molecule has 2 rings (SSSR count). The summed E-state index contributed by atoms with van der Waals surface area (Å²) >= 11 is 0. The molecule has 180 valence electrons. The zero-order valence-electron chi connectivity index (χ0n) is 20.8. The molecule has 0 amide bonds. The Kier molecular flexibility index (Phi) is 27.8. The number of nitrogens with one attached hydrogen (secondary N) is 1. The number of carbonyl (C=O) groups excluding carboxylic acids is 1. The van der Waals surface area contributed by atoms with Crippen LogP contribution in [-0.2, 0) is 19.1 Å². The van der Waals surface area contributed by atoms with Gasteiger partial charge in [-0.25, -0.2) is 4.79 Å². The predicted molar refractivity (Wildman–Crippen MR) is 125 cm³/mol. The van der Waals surface area contributed by atoms with Gasteiger partial charge in [0.05, 0.1) is 11.8 Å². The molecule has 1 aliphatic heterocycles. The number of carboxylic acids is 1. The maximum absolute atomic E-state index is 11.1. The van der Waals surface area contributed by atoms with E-state index in [-0.39, 0.29) is 85.7 Å². The van der Waals surface area contributed by atoms with E-state index in [0.29, 0.717) is 17.9 Å². The second-order valence-corrected chi connectivity index (χ2v) is 5.47. The Labute approximate surface area is 236 Å². The summed E-state index contributed by atoms with van der Waals surface area (Å²) in [5, 5.41) is 21.8. The summed E-state index contributed by atoms with van der Waals surface area (Å²) in [6.07, 6.45) is 0.985. The molecule has 1 aromatic carbocycles. The number of aliphatic carboxylic acids is 1. The minimum Gasteiger partial charge on any atom is -0.479 e. The van der Waals surface area contributed by atoms with E-state index in [4.69, 9.17) is 14.6 Å². The van der Waals surface area contributed by atoms with Crippen LogP contribution in [0.4, 0.5) is 5.69 Å². The fourth-order valence-corrected chi connectivity index (χ4v) is 2.46. The zero-order chi connectivity index (χ0) is 22.2. The molecule has 1 aromatic rings. The summed E-state index contributed by atoms with van der Waals surface area (Å²) in [4.78, 5) is 21.2. The molecular weight excluding hydrogens is 441 g/mol. The fraction of sp³-hybridized carbons (Fsp3) is 0.478. The van der Waals surface area contributed by atoms with Crippen molar-refractivity contribution in [3.63, 3.8) is 0 Å². The first-order chi connectivity index (χ1) is 14.0. The number of aliphatic hydroxyl groups excluding tert-OH is 1. The summed E-state index contributed by atoms with van der Waals surface area (Å²) in [5.74, 6) is -0.647. The molecule has 0 saturated carbocycles. The van der Waals surface area contributed by atoms with E-state index in [0.717, 1.165) is 5.56 Å². The van der Waals surface area contributed by atoms with Gasteiger partial charge in [0.25, 0.3) is 6.47 Å². The third-order valence-electron chi connectivity index (χ3n) is 3.64. The SMILES string of the molecule is CC.CC.CNc1cc(/C=C/COC=O)ccc1OC1CC(O)CC(C(=O)O)O1.[CH3-].[CH3-].[K+]. The van der Waals surface area contributed by atoms with Crippen LogP contribution in [-0.4, -0.2) is 54.8 Å². The fourth-order valence-electron chi connectivity index (χ4n) is 2.46. The number of ether oxygens (including phenoxy) is 3. The van der Waals surface area contributed by atoms with Crippen molar-refractivity contribution in [1.82, 2.24) is 0 Å². The molecule has 0 aliphatic carbocycles. The molecule has 3 atom stereocenters. The Morgan fingerprint density at radius 1 is 1.22 bits per heavy atom. The average molecular weight is 481 g/mol. The van der Waals surface area contributed by atoms with Gasteiger partial charge in [0.2, 0.25) is 6.29 Å². The van der Waals surface area contributed by atoms with Gasteiger partial charge in [0.15, 0.2) is 6.10 Å². The molecule has 9 heteroatoms. The molecule has 32 heavy (non-hydrogen) atoms. The largest absolute Gasteiger partial charge is 1.00 e. The summed E-state index contributed by atoms with van der Waals surface area (Å²) in [7, 11) is 1.72. The van der Waals surface area contributed by atoms with Crippen molar-refractivity contribution in [2.24, 2.45) is 0 Å². The van der Waals surface area contributed by atoms with Crippen LogP contribution >= 0.6 is 0 Å². The summed E-state index contributed by atoms with van der Waals surface area (Å²) in [6.45, 7) is 8.56. The van der Waals surface area contributed by atoms with Crippen LogP contribution in [0.5, 0.6) is 5.75 Å². The van der Waals surface area contributed by atoms with Gasteiger partial charge in [-0.05, 0) is 23.8 Å². The molecular formula is C23H39KNO7-. The molecule has 8 nitrogen and oxygen atoms in total. The summed E-state index contributed by atoms with van der Waals surface area (Å²) in [6, 6.07) is 5.33. The Hall–Kier alpha value is -0.944. The van der Waals surface area contributed by atoms with Gasteiger partial charge in [-0.1, -0.05) is 39.8 Å². The topological polar surface area (TPSA) is 114 Å². The number of hydrogen-bond acceptors (Lipinski definition) is 7. The summed E-state index contributed by atoms with van der Waals surface area (Å²) in [5.41, 5.74) is 1.54. The number of hydrogen-bond donors (Lipinski definition) is 3. The van der Waals surface area contributed by atoms with Crippen molar-refractivity contribution < 1.29 is 85.4 Å². The second-order valence-electron chi connectivity index (χ2n) is 5.47. The summed E-state index contributed by atoms with van der Waals surface area (Å²) < 4.78 is 15.7. The first kappa shape index (κ1) is 38.3. The Bertz CT molecular complexity index is 641. The van der Waals surface area contributed by atoms with E-state index in [9.17, 15) is 14.7 Å². The first-order valence-electron chi connectivity index (χ1n) is 9.80. The molecule has 1 aliphatic rings. The predicted octanol–water partition coefficient (Wildman–Crippen LogP) is 1.20. The van der Waals surface area contributed by atoms with E-state index in [1.54, 1.807) is 31.3 Å². The monoisotopic (exact) mass is 480 g/mol. The Morgan fingerprint density at radius 3 is 2.38 bits per heavy atom. The van der Waals surface area contributed by atoms with Gasteiger partial charge in [-0.15, -0.1) is 0 Å². The molecule has 0 radical (unpaired) electrons. The molecule has 0 bridgehead atoms. The van der Waals surface area contributed by atoms with Crippen LogP contribution in [0.25, 0.3) is 6.08 Å². The molecule has 0 aromatic heterocycles. The van der Waals surface area contributed by atoms with Crippen molar-refractivity contribution >= 4 is 24.2 Å². The van der Waals surface area contributed by atoms with Crippen LogP contribution in [0, 0.1) is 14.9 Å². The van der Waals surface area contributed by atoms with Crippen molar-refractivity contribution in [3.05, 3.63) is 44.7 Å². The van der Waals surface area contributed by atoms with Crippen molar-refractivity contribution in [2.75, 3.05) is 19.0 Å². The maximum Gasteiger partial charge on any atom is 1.00 e. The van der Waals surface area contributed by atoms with Crippen molar-refractivity contribution in [2.45, 2.75) is 59.0 Å². The molecule has 0 spiro atoms. The molecule has 3 N–H and O–H groups in total. The van der Waals surface area contributed by atoms with Gasteiger partial charge >= 0.3 is 57.4 Å². The number of rotatable bonds is 8. The van der Waals surface area contributed by atoms with Crippen LogP contribution in [0.2, 0.25) is 0 Å². The van der Waals surface area contributed by atoms with Crippen LogP contribution < -0.4 is 61.4 Å². The first-order valence-corrected chi connectivity index (χ1v) is 9.80. The van der Waals surface area contributed by atoms with Crippen molar-refractivity contribution in [3.8, 4) is 5.75 Å². The number of aliphatic hydroxyl groups is 1. The van der Waals surface area contributed by atoms with Crippen LogP contribution in [0.1, 0.15) is 46.1 Å². The third-order valence-corrected chi connectivity index (χ3v) is 3.64. The van der Waals surface area contributed by atoms with Gasteiger partial charge in [-0.2, -0.15) is 0 Å². The van der Waals surface area contributed by atoms with Gasteiger partial charge < -0.3 is 44.6 Å². The molecule has 1 saturated heterocycles. The molecule has 3 unspecified atom stereocenters. The minimum absolute atomic E-state index is 0. The van der Waals surface area contributed by atoms with Crippen LogP contribution in [0.3, 0.4) is 0 Å². The van der Waals surface area contributed by atoms with Gasteiger partial charge in [0.1, 0.15) is 12.4 Å². The standard InChI is InChI=1S/C17H21NO7.2C2H6.2CH3.K/c1-18-13-7-11(3-2-6-23-10-19)4-5-14(13)24-16-9-12(20)8-15(25-16)17(21)22;2*1-2;;;/h2-5,7,10,12,15-16,18,20H,6,8-9H2,1H3,(H,21,22);2*1-2H3;2*1H3;/q;;;2*-1;+1/b3-2+;;;;;. The second kappa shape index (κ2) is 23.2. The quantitative estimate of drug-likeness (QED) is 0.220. The van der Waals surface area contributed by atoms with Crippen molar-refractivity contribution in [1.29, 1.82) is 0 Å². The Balaban J connectivity index is -0.000000529. The number of carbonyl (C=O) groups is 2. The van der Waals surface area contributed by atoms with E-state index in [1.165, 1.54) is 0 Å². The third kappa shape index (κ3) is 14.3. The maximum atomic E-state index is 11.1. The number of carboxylic acid groups (broad SMARTS) is 1. The van der Waals surface area contributed by atoms with Gasteiger partial charge in [0, 0.05) is 19.9 Å². The number of anilines is 1. The average Bonchev–Trinajstić information content (AvgIpc) is 2.74. The van der Waals surface area contributed by atoms with Gasteiger partial charge in [-0.3, -0.25) is 4.79 Å². The molecule has 1 heterocycles.